The SMILES string of the molecule is CCCC(CCC(C)C(C)(C)C(CC(C)(C)C)C(C)CC)C(C)(C(C)CC)C(C)(C)C. The molecule has 0 aromatic carbocycles. The minimum Gasteiger partial charge on any atom is -0.0654 e. The van der Waals surface area contributed by atoms with E-state index in [9.17, 15) is 0 Å². The summed E-state index contributed by atoms with van der Waals surface area (Å²) in [5.41, 5.74) is 1.51. The molecule has 0 aliphatic rings. The lowest BCUT2D eigenvalue weighted by molar-refractivity contribution is -0.0376. The Kier molecular flexibility index (Phi) is 11.9. The van der Waals surface area contributed by atoms with Crippen LogP contribution in [-0.2, 0) is 0 Å². The van der Waals surface area contributed by atoms with Crippen LogP contribution in [0.4, 0.5) is 0 Å². The molecule has 6 atom stereocenters. The molecule has 0 heterocycles. The first-order chi connectivity index (χ1) is 13.9. The molecule has 0 saturated heterocycles. The molecule has 0 spiro atoms. The molecule has 0 rings (SSSR count). The second kappa shape index (κ2) is 11.9. The van der Waals surface area contributed by atoms with Crippen molar-refractivity contribution in [3.8, 4) is 0 Å². The molecule has 0 bridgehead atoms. The Morgan fingerprint density at radius 1 is 0.613 bits per heavy atom. The van der Waals surface area contributed by atoms with Crippen LogP contribution in [0.2, 0.25) is 0 Å². The molecular formula is C31H64. The molecule has 0 aliphatic carbocycles. The van der Waals surface area contributed by atoms with Crippen molar-refractivity contribution >= 4 is 0 Å². The third-order valence-electron chi connectivity index (χ3n) is 10.1. The van der Waals surface area contributed by atoms with Gasteiger partial charge in [0.05, 0.1) is 0 Å². The summed E-state index contributed by atoms with van der Waals surface area (Å²) in [4.78, 5) is 0. The van der Waals surface area contributed by atoms with Gasteiger partial charge < -0.3 is 0 Å². The summed E-state index contributed by atoms with van der Waals surface area (Å²) in [5.74, 6) is 3.93. The fraction of sp³-hybridized carbons (Fsp3) is 1.00. The van der Waals surface area contributed by atoms with Gasteiger partial charge in [0.15, 0.2) is 0 Å². The quantitative estimate of drug-likeness (QED) is 0.269. The Morgan fingerprint density at radius 2 is 1.13 bits per heavy atom. The fourth-order valence-electron chi connectivity index (χ4n) is 6.60. The summed E-state index contributed by atoms with van der Waals surface area (Å²) in [6, 6.07) is 0. The molecule has 0 N–H and O–H groups in total. The Morgan fingerprint density at radius 3 is 1.48 bits per heavy atom. The largest absolute Gasteiger partial charge is 0.0654 e. The Balaban J connectivity index is 5.76. The van der Waals surface area contributed by atoms with Crippen LogP contribution in [0.1, 0.15) is 149 Å². The van der Waals surface area contributed by atoms with Gasteiger partial charge in [-0.1, -0.05) is 130 Å². The molecular weight excluding hydrogens is 372 g/mol. The maximum atomic E-state index is 2.62. The highest BCUT2D eigenvalue weighted by Gasteiger charge is 2.47. The minimum absolute atomic E-state index is 0.340. The lowest BCUT2D eigenvalue weighted by Gasteiger charge is -2.53. The summed E-state index contributed by atoms with van der Waals surface area (Å²) < 4.78 is 0. The molecule has 0 aromatic rings. The van der Waals surface area contributed by atoms with Crippen molar-refractivity contribution < 1.29 is 0 Å². The molecule has 0 heteroatoms. The van der Waals surface area contributed by atoms with E-state index < -0.39 is 0 Å². The van der Waals surface area contributed by atoms with Crippen LogP contribution in [0, 0.1) is 51.2 Å². The number of hydrogen-bond acceptors (Lipinski definition) is 0. The normalized spacial score (nSPS) is 20.6. The second-order valence-electron chi connectivity index (χ2n) is 14.4. The van der Waals surface area contributed by atoms with Crippen LogP contribution in [0.15, 0.2) is 0 Å². The van der Waals surface area contributed by atoms with Crippen molar-refractivity contribution in [2.75, 3.05) is 0 Å². The van der Waals surface area contributed by atoms with Gasteiger partial charge in [0.1, 0.15) is 0 Å². The number of rotatable bonds is 13. The average Bonchev–Trinajstić information content (AvgIpc) is 2.65. The summed E-state index contributed by atoms with van der Waals surface area (Å²) in [6.45, 7) is 37.4. The van der Waals surface area contributed by atoms with Crippen molar-refractivity contribution in [3.63, 3.8) is 0 Å². The summed E-state index contributed by atoms with van der Waals surface area (Å²) >= 11 is 0. The van der Waals surface area contributed by atoms with Gasteiger partial charge in [0.2, 0.25) is 0 Å². The van der Waals surface area contributed by atoms with Crippen LogP contribution in [-0.4, -0.2) is 0 Å². The zero-order chi connectivity index (χ0) is 24.8. The molecule has 0 radical (unpaired) electrons. The average molecular weight is 437 g/mol. The Hall–Kier alpha value is 0. The first-order valence-corrected chi connectivity index (χ1v) is 13.9. The minimum atomic E-state index is 0.340. The highest BCUT2D eigenvalue weighted by atomic mass is 14.5. The molecule has 0 saturated carbocycles. The van der Waals surface area contributed by atoms with E-state index in [4.69, 9.17) is 0 Å². The predicted octanol–water partition coefficient (Wildman–Crippen LogP) is 11.0. The molecule has 0 fully saturated rings. The summed E-state index contributed by atoms with van der Waals surface area (Å²) in [5, 5.41) is 0. The van der Waals surface area contributed by atoms with E-state index in [2.05, 4.69) is 104 Å². The highest BCUT2D eigenvalue weighted by molar-refractivity contribution is 4.96. The molecule has 0 amide bonds. The van der Waals surface area contributed by atoms with Gasteiger partial charge in [0.25, 0.3) is 0 Å². The van der Waals surface area contributed by atoms with E-state index in [1.807, 2.05) is 0 Å². The fourth-order valence-corrected chi connectivity index (χ4v) is 6.60. The van der Waals surface area contributed by atoms with Crippen LogP contribution in [0.5, 0.6) is 0 Å². The standard InChI is InChI=1S/C31H64/c1-16-19-26(31(15,24(5)18-3)29(10,11)12)21-20-25(6)30(13,14)27(23(4)17-2)22-28(7,8)9/h23-27H,16-22H2,1-15H3. The molecule has 31 heavy (non-hydrogen) atoms. The van der Waals surface area contributed by atoms with E-state index in [1.54, 1.807) is 0 Å². The van der Waals surface area contributed by atoms with Crippen molar-refractivity contribution in [2.45, 2.75) is 149 Å². The van der Waals surface area contributed by atoms with Crippen molar-refractivity contribution in [1.82, 2.24) is 0 Å². The van der Waals surface area contributed by atoms with Gasteiger partial charge in [0, 0.05) is 0 Å². The van der Waals surface area contributed by atoms with Gasteiger partial charge in [-0.05, 0) is 70.5 Å². The lowest BCUT2D eigenvalue weighted by atomic mass is 9.52. The summed E-state index contributed by atoms with van der Waals surface area (Å²) in [7, 11) is 0. The highest BCUT2D eigenvalue weighted by Crippen LogP contribution is 2.55. The van der Waals surface area contributed by atoms with Gasteiger partial charge in [-0.25, -0.2) is 0 Å². The molecule has 188 valence electrons. The van der Waals surface area contributed by atoms with Crippen molar-refractivity contribution in [2.24, 2.45) is 51.2 Å². The zero-order valence-electron chi connectivity index (χ0n) is 24.8. The topological polar surface area (TPSA) is 0 Å². The first-order valence-electron chi connectivity index (χ1n) is 13.9. The molecule has 0 nitrogen and oxygen atoms in total. The predicted molar refractivity (Wildman–Crippen MR) is 145 cm³/mol. The van der Waals surface area contributed by atoms with Crippen LogP contribution in [0.3, 0.4) is 0 Å². The van der Waals surface area contributed by atoms with Gasteiger partial charge in [-0.3, -0.25) is 0 Å². The third-order valence-corrected chi connectivity index (χ3v) is 10.1. The maximum absolute atomic E-state index is 2.62. The zero-order valence-corrected chi connectivity index (χ0v) is 24.8. The lowest BCUT2D eigenvalue weighted by Crippen LogP contribution is -2.45. The Labute approximate surface area is 200 Å². The van der Waals surface area contributed by atoms with Crippen LogP contribution >= 0.6 is 0 Å². The van der Waals surface area contributed by atoms with Crippen LogP contribution in [0.25, 0.3) is 0 Å². The van der Waals surface area contributed by atoms with Crippen LogP contribution < -0.4 is 0 Å². The van der Waals surface area contributed by atoms with E-state index in [-0.39, 0.29) is 0 Å². The first kappa shape index (κ1) is 31.0. The summed E-state index contributed by atoms with van der Waals surface area (Å²) in [6.07, 6.45) is 9.37. The third kappa shape index (κ3) is 8.07. The van der Waals surface area contributed by atoms with Crippen molar-refractivity contribution in [3.05, 3.63) is 0 Å². The van der Waals surface area contributed by atoms with E-state index >= 15 is 0 Å². The van der Waals surface area contributed by atoms with E-state index in [0.717, 1.165) is 29.6 Å². The monoisotopic (exact) mass is 437 g/mol. The van der Waals surface area contributed by atoms with Gasteiger partial charge in [-0.15, -0.1) is 0 Å². The van der Waals surface area contributed by atoms with Gasteiger partial charge in [-0.2, -0.15) is 0 Å². The molecule has 0 aliphatic heterocycles. The smallest absolute Gasteiger partial charge is 0.0223 e. The molecule has 6 unspecified atom stereocenters. The van der Waals surface area contributed by atoms with E-state index in [0.29, 0.717) is 21.7 Å². The van der Waals surface area contributed by atoms with Crippen molar-refractivity contribution in [1.29, 1.82) is 0 Å². The maximum Gasteiger partial charge on any atom is -0.0223 e. The molecule has 0 aromatic heterocycles. The van der Waals surface area contributed by atoms with E-state index in [1.165, 1.54) is 44.9 Å². The number of hydrogen-bond donors (Lipinski definition) is 0. The van der Waals surface area contributed by atoms with Gasteiger partial charge >= 0.3 is 0 Å². The second-order valence-corrected chi connectivity index (χ2v) is 14.4. The Bertz CT molecular complexity index is 485.